The summed E-state index contributed by atoms with van der Waals surface area (Å²) in [6, 6.07) is 1.61. The van der Waals surface area contributed by atoms with Crippen molar-refractivity contribution in [3.63, 3.8) is 0 Å². The van der Waals surface area contributed by atoms with E-state index in [4.69, 9.17) is 22.1 Å². The fourth-order valence-corrected chi connectivity index (χ4v) is 2.52. The number of ether oxygens (including phenoxy) is 1. The number of H-pyrrole nitrogens is 1. The van der Waals surface area contributed by atoms with E-state index in [1.807, 2.05) is 6.92 Å². The van der Waals surface area contributed by atoms with Crippen LogP contribution in [0.1, 0.15) is 31.2 Å². The summed E-state index contributed by atoms with van der Waals surface area (Å²) in [4.78, 5) is 13.8. The van der Waals surface area contributed by atoms with Gasteiger partial charge >= 0.3 is 0 Å². The Balaban J connectivity index is 2.45. The van der Waals surface area contributed by atoms with Gasteiger partial charge in [-0.3, -0.25) is 4.79 Å². The molecule has 108 valence electrons. The molecular weight excluding hydrogens is 283 g/mol. The third kappa shape index (κ3) is 2.58. The Labute approximate surface area is 121 Å². The number of aromatic amines is 1. The first kappa shape index (κ1) is 14.7. The molecule has 0 spiro atoms. The van der Waals surface area contributed by atoms with Crippen molar-refractivity contribution in [2.45, 2.75) is 25.7 Å². The SMILES string of the molecule is COc1cc2c(C(C)CCC(N)=O)c[nH]c2c(Cl)c1F. The van der Waals surface area contributed by atoms with E-state index in [9.17, 15) is 9.18 Å². The number of aromatic nitrogens is 1. The Morgan fingerprint density at radius 2 is 2.30 bits per heavy atom. The monoisotopic (exact) mass is 298 g/mol. The zero-order chi connectivity index (χ0) is 14.9. The smallest absolute Gasteiger partial charge is 0.217 e. The van der Waals surface area contributed by atoms with Crippen LogP contribution in [-0.2, 0) is 4.79 Å². The highest BCUT2D eigenvalue weighted by atomic mass is 35.5. The Kier molecular flexibility index (Phi) is 4.18. The lowest BCUT2D eigenvalue weighted by Crippen LogP contribution is -2.11. The molecule has 0 radical (unpaired) electrons. The quantitative estimate of drug-likeness (QED) is 0.889. The summed E-state index contributed by atoms with van der Waals surface area (Å²) in [6.45, 7) is 1.98. The van der Waals surface area contributed by atoms with Gasteiger partial charge in [-0.25, -0.2) is 4.39 Å². The molecule has 0 aliphatic rings. The van der Waals surface area contributed by atoms with Gasteiger partial charge < -0.3 is 15.5 Å². The van der Waals surface area contributed by atoms with Gasteiger partial charge in [-0.15, -0.1) is 0 Å². The molecule has 1 heterocycles. The van der Waals surface area contributed by atoms with E-state index < -0.39 is 5.82 Å². The first-order chi connectivity index (χ1) is 9.45. The maximum atomic E-state index is 13.9. The van der Waals surface area contributed by atoms with E-state index in [-0.39, 0.29) is 22.6 Å². The lowest BCUT2D eigenvalue weighted by Gasteiger charge is -2.10. The first-order valence-corrected chi connectivity index (χ1v) is 6.64. The van der Waals surface area contributed by atoms with Gasteiger partial charge in [0, 0.05) is 18.0 Å². The number of rotatable bonds is 5. The number of hydrogen-bond donors (Lipinski definition) is 2. The average Bonchev–Trinajstić information content (AvgIpc) is 2.83. The van der Waals surface area contributed by atoms with E-state index in [1.54, 1.807) is 12.3 Å². The van der Waals surface area contributed by atoms with Gasteiger partial charge in [0.25, 0.3) is 0 Å². The van der Waals surface area contributed by atoms with Crippen LogP contribution >= 0.6 is 11.6 Å². The topological polar surface area (TPSA) is 68.1 Å². The number of halogens is 2. The largest absolute Gasteiger partial charge is 0.494 e. The number of methoxy groups -OCH3 is 1. The molecule has 0 aliphatic carbocycles. The van der Waals surface area contributed by atoms with Crippen LogP contribution in [0.25, 0.3) is 10.9 Å². The third-order valence-corrected chi connectivity index (χ3v) is 3.79. The average molecular weight is 299 g/mol. The zero-order valence-corrected chi connectivity index (χ0v) is 12.1. The number of carbonyl (C=O) groups is 1. The second-order valence-corrected chi connectivity index (χ2v) is 5.16. The van der Waals surface area contributed by atoms with Crippen molar-refractivity contribution < 1.29 is 13.9 Å². The fraction of sp³-hybridized carbons (Fsp3) is 0.357. The van der Waals surface area contributed by atoms with Crippen LogP contribution in [0.15, 0.2) is 12.3 Å². The van der Waals surface area contributed by atoms with E-state index in [1.165, 1.54) is 7.11 Å². The van der Waals surface area contributed by atoms with Crippen molar-refractivity contribution in [2.75, 3.05) is 7.11 Å². The Morgan fingerprint density at radius 1 is 1.60 bits per heavy atom. The summed E-state index contributed by atoms with van der Waals surface area (Å²) in [6.07, 6.45) is 2.71. The van der Waals surface area contributed by atoms with Crippen LogP contribution in [0.4, 0.5) is 4.39 Å². The summed E-state index contributed by atoms with van der Waals surface area (Å²) in [7, 11) is 1.39. The van der Waals surface area contributed by atoms with Crippen LogP contribution < -0.4 is 10.5 Å². The van der Waals surface area contributed by atoms with Crippen LogP contribution in [0.3, 0.4) is 0 Å². The fourth-order valence-electron chi connectivity index (χ4n) is 2.27. The van der Waals surface area contributed by atoms with Crippen molar-refractivity contribution in [2.24, 2.45) is 5.73 Å². The molecule has 2 rings (SSSR count). The number of amides is 1. The summed E-state index contributed by atoms with van der Waals surface area (Å²) in [5, 5.41) is 0.804. The predicted octanol–water partition coefficient (Wildman–Crippen LogP) is 3.34. The highest BCUT2D eigenvalue weighted by Crippen LogP contribution is 2.37. The summed E-state index contributed by atoms with van der Waals surface area (Å²) in [5.41, 5.74) is 6.65. The molecule has 0 saturated carbocycles. The maximum Gasteiger partial charge on any atom is 0.217 e. The molecule has 1 unspecified atom stereocenters. The van der Waals surface area contributed by atoms with Gasteiger partial charge in [-0.1, -0.05) is 18.5 Å². The Morgan fingerprint density at radius 3 is 2.90 bits per heavy atom. The van der Waals surface area contributed by atoms with Crippen LogP contribution in [0, 0.1) is 5.82 Å². The normalized spacial score (nSPS) is 12.6. The van der Waals surface area contributed by atoms with Crippen molar-refractivity contribution in [1.82, 2.24) is 4.98 Å². The van der Waals surface area contributed by atoms with Crippen LogP contribution in [-0.4, -0.2) is 18.0 Å². The highest BCUT2D eigenvalue weighted by molar-refractivity contribution is 6.35. The molecule has 0 bridgehead atoms. The van der Waals surface area contributed by atoms with Crippen molar-refractivity contribution in [1.29, 1.82) is 0 Å². The van der Waals surface area contributed by atoms with E-state index in [2.05, 4.69) is 4.98 Å². The highest BCUT2D eigenvalue weighted by Gasteiger charge is 2.19. The maximum absolute atomic E-state index is 13.9. The minimum atomic E-state index is -0.583. The number of nitrogens with two attached hydrogens (primary N) is 1. The van der Waals surface area contributed by atoms with Gasteiger partial charge in [0.1, 0.15) is 5.02 Å². The van der Waals surface area contributed by atoms with E-state index in [0.29, 0.717) is 18.4 Å². The van der Waals surface area contributed by atoms with E-state index >= 15 is 0 Å². The second kappa shape index (κ2) is 5.71. The van der Waals surface area contributed by atoms with Gasteiger partial charge in [-0.05, 0) is 24.0 Å². The number of primary amides is 1. The Hall–Kier alpha value is -1.75. The first-order valence-electron chi connectivity index (χ1n) is 6.27. The minimum Gasteiger partial charge on any atom is -0.494 e. The molecule has 3 N–H and O–H groups in total. The molecule has 4 nitrogen and oxygen atoms in total. The summed E-state index contributed by atoms with van der Waals surface area (Å²) in [5.74, 6) is -0.717. The number of nitrogens with one attached hydrogen (secondary N) is 1. The molecule has 6 heteroatoms. The van der Waals surface area contributed by atoms with Gasteiger partial charge in [0.2, 0.25) is 5.91 Å². The molecule has 0 aliphatic heterocycles. The van der Waals surface area contributed by atoms with Gasteiger partial charge in [0.15, 0.2) is 11.6 Å². The van der Waals surface area contributed by atoms with Gasteiger partial charge in [0.05, 0.1) is 12.6 Å². The molecule has 20 heavy (non-hydrogen) atoms. The molecule has 1 aromatic carbocycles. The van der Waals surface area contributed by atoms with Crippen LogP contribution in [0.5, 0.6) is 5.75 Å². The molecule has 0 fully saturated rings. The summed E-state index contributed by atoms with van der Waals surface area (Å²) < 4.78 is 18.8. The van der Waals surface area contributed by atoms with Crippen molar-refractivity contribution >= 4 is 28.4 Å². The third-order valence-electron chi connectivity index (χ3n) is 3.43. The predicted molar refractivity (Wildman–Crippen MR) is 76.7 cm³/mol. The molecule has 1 atom stereocenters. The molecule has 1 amide bonds. The number of fused-ring (bicyclic) bond motifs is 1. The van der Waals surface area contributed by atoms with Crippen molar-refractivity contribution in [3.05, 3.63) is 28.7 Å². The number of benzene rings is 1. The molecule has 2 aromatic rings. The minimum absolute atomic E-state index is 0.00713. The van der Waals surface area contributed by atoms with Crippen LogP contribution in [0.2, 0.25) is 5.02 Å². The molecular formula is C14H16ClFN2O2. The standard InChI is InChI=1S/C14H16ClFN2O2/c1-7(3-4-11(17)19)9-6-18-14-8(9)5-10(20-2)13(16)12(14)15/h5-7,18H,3-4H2,1-2H3,(H2,17,19). The zero-order valence-electron chi connectivity index (χ0n) is 11.3. The lowest BCUT2D eigenvalue weighted by molar-refractivity contribution is -0.118. The second-order valence-electron chi connectivity index (χ2n) is 4.78. The van der Waals surface area contributed by atoms with Gasteiger partial charge in [-0.2, -0.15) is 0 Å². The summed E-state index contributed by atoms with van der Waals surface area (Å²) >= 11 is 6.00. The number of carbonyl (C=O) groups excluding carboxylic acids is 1. The number of hydrogen-bond acceptors (Lipinski definition) is 2. The molecule has 1 aromatic heterocycles. The lowest BCUT2D eigenvalue weighted by atomic mass is 9.95. The van der Waals surface area contributed by atoms with E-state index in [0.717, 1.165) is 10.9 Å². The molecule has 0 saturated heterocycles. The van der Waals surface area contributed by atoms with Crippen molar-refractivity contribution in [3.8, 4) is 5.75 Å². The Bertz CT molecular complexity index is 654.